The summed E-state index contributed by atoms with van der Waals surface area (Å²) in [4.78, 5) is 0. The second kappa shape index (κ2) is 12.0. The van der Waals surface area contributed by atoms with Crippen LogP contribution in [0.3, 0.4) is 0 Å². The molecule has 4 heteroatoms. The topological polar surface area (TPSA) is 18.5 Å². The molecule has 0 rings (SSSR count). The predicted molar refractivity (Wildman–Crippen MR) is 137 cm³/mol. The SMILES string of the molecule is CCC=CC=CC(O[Si](C)(C)C(C)(C)C)C(CCCCC)O[Si](C)(C)C(C)(C)C. The maximum Gasteiger partial charge on any atom is 0.193 e. The van der Waals surface area contributed by atoms with Crippen molar-refractivity contribution in [3.8, 4) is 0 Å². The van der Waals surface area contributed by atoms with Crippen molar-refractivity contribution in [2.24, 2.45) is 0 Å². The van der Waals surface area contributed by atoms with Crippen molar-refractivity contribution in [2.45, 2.75) is 136 Å². The molecule has 0 fully saturated rings. The summed E-state index contributed by atoms with van der Waals surface area (Å²) in [5.74, 6) is 0. The van der Waals surface area contributed by atoms with Crippen LogP contribution in [0.4, 0.5) is 0 Å². The standard InChI is InChI=1S/C25H52O2Si2/c1-13-15-17-19-21-23(27-29(11,12)25(6,7)8)22(20-18-16-14-2)26-28(9,10)24(3,4)5/h15,17,19,21-23H,13-14,16,18,20H2,1-12H3. The number of allylic oxidation sites excluding steroid dienone is 3. The molecule has 2 atom stereocenters. The van der Waals surface area contributed by atoms with E-state index in [1.807, 2.05) is 0 Å². The van der Waals surface area contributed by atoms with Gasteiger partial charge in [0.25, 0.3) is 0 Å². The Kier molecular flexibility index (Phi) is 12.0. The van der Waals surface area contributed by atoms with Gasteiger partial charge in [0.15, 0.2) is 16.6 Å². The van der Waals surface area contributed by atoms with Gasteiger partial charge in [-0.15, -0.1) is 0 Å². The second-order valence-electron chi connectivity index (χ2n) is 11.5. The molecule has 0 aromatic rings. The summed E-state index contributed by atoms with van der Waals surface area (Å²) in [5.41, 5.74) is 0. The largest absolute Gasteiger partial charge is 0.411 e. The van der Waals surface area contributed by atoms with Crippen LogP contribution in [0, 0.1) is 0 Å². The molecule has 2 unspecified atom stereocenters. The molecule has 0 aliphatic heterocycles. The fourth-order valence-electron chi connectivity index (χ4n) is 2.59. The zero-order valence-corrected chi connectivity index (χ0v) is 23.8. The van der Waals surface area contributed by atoms with Gasteiger partial charge in [-0.05, 0) is 49.1 Å². The van der Waals surface area contributed by atoms with Crippen molar-refractivity contribution in [3.63, 3.8) is 0 Å². The van der Waals surface area contributed by atoms with E-state index in [-0.39, 0.29) is 22.3 Å². The monoisotopic (exact) mass is 440 g/mol. The summed E-state index contributed by atoms with van der Waals surface area (Å²) in [6, 6.07) is 0. The highest BCUT2D eigenvalue weighted by molar-refractivity contribution is 6.74. The Morgan fingerprint density at radius 3 is 1.72 bits per heavy atom. The number of unbranched alkanes of at least 4 members (excludes halogenated alkanes) is 2. The van der Waals surface area contributed by atoms with Crippen molar-refractivity contribution in [3.05, 3.63) is 24.3 Å². The van der Waals surface area contributed by atoms with E-state index in [2.05, 4.69) is 106 Å². The lowest BCUT2D eigenvalue weighted by Gasteiger charge is -2.44. The molecule has 0 aromatic carbocycles. The van der Waals surface area contributed by atoms with Crippen LogP contribution in [-0.2, 0) is 8.85 Å². The molecule has 0 N–H and O–H groups in total. The highest BCUT2D eigenvalue weighted by Gasteiger charge is 2.43. The molecule has 0 spiro atoms. The second-order valence-corrected chi connectivity index (χ2v) is 21.0. The van der Waals surface area contributed by atoms with Crippen LogP contribution in [0.25, 0.3) is 0 Å². The molecular formula is C25H52O2Si2. The Hall–Kier alpha value is -0.166. The lowest BCUT2D eigenvalue weighted by molar-refractivity contribution is 0.0559. The van der Waals surface area contributed by atoms with Gasteiger partial charge in [-0.1, -0.05) is 99.0 Å². The van der Waals surface area contributed by atoms with Gasteiger partial charge in [0, 0.05) is 0 Å². The third kappa shape index (κ3) is 10.1. The van der Waals surface area contributed by atoms with Crippen molar-refractivity contribution in [1.29, 1.82) is 0 Å². The first-order valence-corrected chi connectivity index (χ1v) is 17.6. The van der Waals surface area contributed by atoms with E-state index in [1.165, 1.54) is 19.3 Å². The van der Waals surface area contributed by atoms with Crippen molar-refractivity contribution in [2.75, 3.05) is 0 Å². The lowest BCUT2D eigenvalue weighted by atomic mass is 10.1. The van der Waals surface area contributed by atoms with Gasteiger partial charge in [-0.25, -0.2) is 0 Å². The van der Waals surface area contributed by atoms with Crippen LogP contribution in [0.5, 0.6) is 0 Å². The van der Waals surface area contributed by atoms with Gasteiger partial charge in [-0.2, -0.15) is 0 Å². The van der Waals surface area contributed by atoms with Gasteiger partial charge in [0.05, 0.1) is 12.2 Å². The molecule has 0 aliphatic carbocycles. The van der Waals surface area contributed by atoms with Crippen molar-refractivity contribution >= 4 is 16.6 Å². The quantitative estimate of drug-likeness (QED) is 0.171. The highest BCUT2D eigenvalue weighted by Crippen LogP contribution is 2.41. The third-order valence-corrected chi connectivity index (χ3v) is 15.7. The molecule has 0 aromatic heterocycles. The average Bonchev–Trinajstić information content (AvgIpc) is 2.54. The Balaban J connectivity index is 5.90. The number of hydrogen-bond donors (Lipinski definition) is 0. The van der Waals surface area contributed by atoms with E-state index in [0.717, 1.165) is 12.8 Å². The number of rotatable bonds is 12. The Labute approximate surface area is 185 Å². The van der Waals surface area contributed by atoms with Gasteiger partial charge in [-0.3, -0.25) is 0 Å². The molecule has 0 radical (unpaired) electrons. The van der Waals surface area contributed by atoms with E-state index >= 15 is 0 Å². The summed E-state index contributed by atoms with van der Waals surface area (Å²) >= 11 is 0. The summed E-state index contributed by atoms with van der Waals surface area (Å²) in [5, 5.41) is 0.382. The zero-order valence-electron chi connectivity index (χ0n) is 21.8. The summed E-state index contributed by atoms with van der Waals surface area (Å²) < 4.78 is 13.9. The highest BCUT2D eigenvalue weighted by atomic mass is 28.4. The molecular weight excluding hydrogens is 388 g/mol. The van der Waals surface area contributed by atoms with Crippen LogP contribution >= 0.6 is 0 Å². The van der Waals surface area contributed by atoms with Crippen molar-refractivity contribution < 1.29 is 8.85 Å². The fraction of sp³-hybridized carbons (Fsp3) is 0.840. The smallest absolute Gasteiger partial charge is 0.193 e. The van der Waals surface area contributed by atoms with Gasteiger partial charge in [0.2, 0.25) is 0 Å². The minimum absolute atomic E-state index is 0.0170. The van der Waals surface area contributed by atoms with E-state index in [4.69, 9.17) is 8.85 Å². The zero-order chi connectivity index (χ0) is 22.9. The van der Waals surface area contributed by atoms with Gasteiger partial charge in [0.1, 0.15) is 0 Å². The normalized spacial score (nSPS) is 16.7. The predicted octanol–water partition coefficient (Wildman–Crippen LogP) is 8.87. The average molecular weight is 441 g/mol. The van der Waals surface area contributed by atoms with E-state index < -0.39 is 16.6 Å². The van der Waals surface area contributed by atoms with Crippen LogP contribution in [-0.4, -0.2) is 28.8 Å². The fourth-order valence-corrected chi connectivity index (χ4v) is 5.21. The molecule has 0 heterocycles. The molecule has 2 nitrogen and oxygen atoms in total. The van der Waals surface area contributed by atoms with Gasteiger partial charge < -0.3 is 8.85 Å². The van der Waals surface area contributed by atoms with E-state index in [1.54, 1.807) is 0 Å². The molecule has 0 saturated carbocycles. The Bertz CT molecular complexity index is 508. The first kappa shape index (κ1) is 28.8. The van der Waals surface area contributed by atoms with E-state index in [0.29, 0.717) is 0 Å². The van der Waals surface area contributed by atoms with Crippen molar-refractivity contribution in [1.82, 2.24) is 0 Å². The summed E-state index contributed by atoms with van der Waals surface area (Å²) in [6.45, 7) is 27.8. The summed E-state index contributed by atoms with van der Waals surface area (Å²) in [6.07, 6.45) is 14.7. The minimum atomic E-state index is -1.91. The first-order chi connectivity index (χ1) is 13.1. The molecule has 172 valence electrons. The Morgan fingerprint density at radius 2 is 1.28 bits per heavy atom. The number of hydrogen-bond acceptors (Lipinski definition) is 2. The molecule has 0 amide bonds. The maximum atomic E-state index is 6.99. The van der Waals surface area contributed by atoms with Gasteiger partial charge >= 0.3 is 0 Å². The van der Waals surface area contributed by atoms with Crippen LogP contribution in [0.2, 0.25) is 36.3 Å². The first-order valence-electron chi connectivity index (χ1n) is 11.8. The minimum Gasteiger partial charge on any atom is -0.411 e. The van der Waals surface area contributed by atoms with Crippen LogP contribution in [0.15, 0.2) is 24.3 Å². The van der Waals surface area contributed by atoms with Crippen LogP contribution < -0.4 is 0 Å². The molecule has 0 aliphatic rings. The molecule has 0 saturated heterocycles. The lowest BCUT2D eigenvalue weighted by Crippen LogP contribution is -2.51. The third-order valence-electron chi connectivity index (χ3n) is 6.73. The van der Waals surface area contributed by atoms with E-state index in [9.17, 15) is 0 Å². The van der Waals surface area contributed by atoms with Crippen LogP contribution in [0.1, 0.15) is 87.5 Å². The summed E-state index contributed by atoms with van der Waals surface area (Å²) in [7, 11) is -3.79. The molecule has 29 heavy (non-hydrogen) atoms. The maximum absolute atomic E-state index is 6.99. The Morgan fingerprint density at radius 1 is 0.759 bits per heavy atom. The molecule has 0 bridgehead atoms.